The first-order valence-electron chi connectivity index (χ1n) is 11.3. The maximum absolute atomic E-state index is 6.40. The van der Waals surface area contributed by atoms with E-state index >= 15 is 0 Å². The van der Waals surface area contributed by atoms with Crippen LogP contribution >= 0.6 is 11.3 Å². The van der Waals surface area contributed by atoms with Crippen molar-refractivity contribution in [2.75, 3.05) is 0 Å². The van der Waals surface area contributed by atoms with Gasteiger partial charge in [-0.25, -0.2) is 4.98 Å². The van der Waals surface area contributed by atoms with Gasteiger partial charge in [-0.1, -0.05) is 81.4 Å². The van der Waals surface area contributed by atoms with E-state index in [9.17, 15) is 0 Å². The molecule has 0 radical (unpaired) electrons. The van der Waals surface area contributed by atoms with E-state index in [-0.39, 0.29) is 5.41 Å². The Morgan fingerprint density at radius 2 is 1.48 bits per heavy atom. The summed E-state index contributed by atoms with van der Waals surface area (Å²) >= 11 is 1.77. The Kier molecular flexibility index (Phi) is 4.46. The highest BCUT2D eigenvalue weighted by atomic mass is 32.1. The highest BCUT2D eigenvalue weighted by Crippen LogP contribution is 2.43. The topological polar surface area (TPSA) is 26.0 Å². The molecule has 0 spiro atoms. The summed E-state index contributed by atoms with van der Waals surface area (Å²) in [4.78, 5) is 5.18. The minimum atomic E-state index is 0.0253. The minimum absolute atomic E-state index is 0.0253. The van der Waals surface area contributed by atoms with Gasteiger partial charge < -0.3 is 4.42 Å². The third-order valence-corrected chi connectivity index (χ3v) is 7.47. The number of hydrogen-bond donors (Lipinski definition) is 0. The molecule has 0 unspecified atom stereocenters. The van der Waals surface area contributed by atoms with Crippen molar-refractivity contribution in [3.05, 3.63) is 90.0 Å². The number of para-hydroxylation sites is 2. The smallest absolute Gasteiger partial charge is 0.143 e. The van der Waals surface area contributed by atoms with Gasteiger partial charge in [0.2, 0.25) is 0 Å². The number of benzene rings is 4. The molecular formula is C30H25NOS. The number of hydrogen-bond acceptors (Lipinski definition) is 3. The lowest BCUT2D eigenvalue weighted by Gasteiger charge is -2.20. The molecule has 6 aromatic rings. The van der Waals surface area contributed by atoms with Gasteiger partial charge in [-0.15, -0.1) is 11.3 Å². The first-order valence-corrected chi connectivity index (χ1v) is 12.1. The zero-order valence-electron chi connectivity index (χ0n) is 19.3. The van der Waals surface area contributed by atoms with Crippen molar-refractivity contribution in [3.8, 4) is 21.7 Å². The van der Waals surface area contributed by atoms with Crippen LogP contribution in [0.4, 0.5) is 0 Å². The van der Waals surface area contributed by atoms with Crippen LogP contribution in [-0.4, -0.2) is 4.98 Å². The molecule has 0 atom stereocenters. The summed E-state index contributed by atoms with van der Waals surface area (Å²) in [6.07, 6.45) is 0. The molecule has 0 amide bonds. The summed E-state index contributed by atoms with van der Waals surface area (Å²) in [5.41, 5.74) is 8.89. The van der Waals surface area contributed by atoms with E-state index in [0.29, 0.717) is 0 Å². The van der Waals surface area contributed by atoms with Crippen molar-refractivity contribution < 1.29 is 4.42 Å². The fraction of sp³-hybridized carbons (Fsp3) is 0.167. The van der Waals surface area contributed by atoms with Crippen molar-refractivity contribution in [1.82, 2.24) is 4.98 Å². The third-order valence-electron chi connectivity index (χ3n) is 6.43. The van der Waals surface area contributed by atoms with E-state index in [1.807, 2.05) is 12.1 Å². The predicted octanol–water partition coefficient (Wildman–Crippen LogP) is 9.14. The number of thiazole rings is 1. The Bertz CT molecular complexity index is 1660. The molecule has 0 fully saturated rings. The number of aryl methyl sites for hydroxylation is 1. The molecular weight excluding hydrogens is 422 g/mol. The van der Waals surface area contributed by atoms with Crippen LogP contribution < -0.4 is 0 Å². The van der Waals surface area contributed by atoms with E-state index in [1.165, 1.54) is 21.4 Å². The molecule has 2 nitrogen and oxygen atoms in total. The molecule has 3 heteroatoms. The zero-order valence-corrected chi connectivity index (χ0v) is 20.1. The molecule has 33 heavy (non-hydrogen) atoms. The van der Waals surface area contributed by atoms with Crippen LogP contribution in [-0.2, 0) is 5.41 Å². The number of nitrogens with zero attached hydrogens (tertiary/aromatic N) is 1. The first-order chi connectivity index (χ1) is 15.9. The standard InChI is InChI=1S/C30H25NOS/c1-18-10-5-6-11-20(18)29-31-27-24(16-19(30(2,3)4)17-26(27)33-29)23-14-9-13-22-21-12-7-8-15-25(21)32-28(22)23/h5-17H,1-4H3. The second kappa shape index (κ2) is 7.29. The number of rotatable bonds is 2. The van der Waals surface area contributed by atoms with Crippen LogP contribution in [0, 0.1) is 6.92 Å². The molecule has 2 heterocycles. The summed E-state index contributed by atoms with van der Waals surface area (Å²) in [5.74, 6) is 0. The van der Waals surface area contributed by atoms with Crippen LogP contribution in [0.5, 0.6) is 0 Å². The number of fused-ring (bicyclic) bond motifs is 4. The van der Waals surface area contributed by atoms with Gasteiger partial charge in [0.1, 0.15) is 16.2 Å². The van der Waals surface area contributed by atoms with Crippen LogP contribution in [0.1, 0.15) is 31.9 Å². The molecule has 4 aromatic carbocycles. The van der Waals surface area contributed by atoms with Gasteiger partial charge in [0, 0.05) is 27.5 Å². The van der Waals surface area contributed by atoms with Crippen molar-refractivity contribution in [2.45, 2.75) is 33.1 Å². The molecule has 0 saturated carbocycles. The Hall–Kier alpha value is -3.43. The lowest BCUT2D eigenvalue weighted by Crippen LogP contribution is -2.11. The molecule has 0 aliphatic carbocycles. The van der Waals surface area contributed by atoms with Crippen LogP contribution in [0.2, 0.25) is 0 Å². The second-order valence-electron chi connectivity index (χ2n) is 9.73. The molecule has 0 N–H and O–H groups in total. The van der Waals surface area contributed by atoms with Crippen LogP contribution in [0.3, 0.4) is 0 Å². The van der Waals surface area contributed by atoms with Crippen LogP contribution in [0.15, 0.2) is 83.3 Å². The maximum Gasteiger partial charge on any atom is 0.143 e. The van der Waals surface area contributed by atoms with E-state index in [0.717, 1.165) is 43.6 Å². The van der Waals surface area contributed by atoms with E-state index in [4.69, 9.17) is 9.40 Å². The Morgan fingerprint density at radius 1 is 0.758 bits per heavy atom. The maximum atomic E-state index is 6.40. The Labute approximate surface area is 197 Å². The Morgan fingerprint density at radius 3 is 2.30 bits per heavy atom. The molecule has 0 bridgehead atoms. The average molecular weight is 448 g/mol. The summed E-state index contributed by atoms with van der Waals surface area (Å²) in [7, 11) is 0. The van der Waals surface area contributed by atoms with Crippen molar-refractivity contribution in [1.29, 1.82) is 0 Å². The molecule has 2 aromatic heterocycles. The summed E-state index contributed by atoms with van der Waals surface area (Å²) in [6, 6.07) is 27.8. The molecule has 0 aliphatic heterocycles. The van der Waals surface area contributed by atoms with Gasteiger partial charge >= 0.3 is 0 Å². The molecule has 6 rings (SSSR count). The van der Waals surface area contributed by atoms with E-state index < -0.39 is 0 Å². The fourth-order valence-electron chi connectivity index (χ4n) is 4.56. The van der Waals surface area contributed by atoms with E-state index in [1.54, 1.807) is 11.3 Å². The molecule has 162 valence electrons. The predicted molar refractivity (Wildman–Crippen MR) is 141 cm³/mol. The summed E-state index contributed by atoms with van der Waals surface area (Å²) in [5, 5.41) is 3.36. The van der Waals surface area contributed by atoms with Gasteiger partial charge in [0.15, 0.2) is 0 Å². The quantitative estimate of drug-likeness (QED) is 0.264. The van der Waals surface area contributed by atoms with Crippen molar-refractivity contribution in [3.63, 3.8) is 0 Å². The SMILES string of the molecule is Cc1ccccc1-c1nc2c(-c3cccc4c3oc3ccccc34)cc(C(C)(C)C)cc2s1. The highest BCUT2D eigenvalue weighted by molar-refractivity contribution is 7.21. The third kappa shape index (κ3) is 3.27. The second-order valence-corrected chi connectivity index (χ2v) is 10.8. The fourth-order valence-corrected chi connectivity index (χ4v) is 5.68. The van der Waals surface area contributed by atoms with Gasteiger partial charge in [0.05, 0.1) is 10.2 Å². The van der Waals surface area contributed by atoms with Crippen molar-refractivity contribution in [2.24, 2.45) is 0 Å². The van der Waals surface area contributed by atoms with Gasteiger partial charge in [0.25, 0.3) is 0 Å². The summed E-state index contributed by atoms with van der Waals surface area (Å²) in [6.45, 7) is 8.95. The van der Waals surface area contributed by atoms with E-state index in [2.05, 4.69) is 94.4 Å². The van der Waals surface area contributed by atoms with Crippen molar-refractivity contribution >= 4 is 43.5 Å². The molecule has 0 saturated heterocycles. The zero-order chi connectivity index (χ0) is 22.7. The van der Waals surface area contributed by atoms with Gasteiger partial charge in [-0.3, -0.25) is 0 Å². The normalized spacial score (nSPS) is 12.2. The van der Waals surface area contributed by atoms with Gasteiger partial charge in [-0.05, 0) is 41.7 Å². The monoisotopic (exact) mass is 447 g/mol. The van der Waals surface area contributed by atoms with Crippen LogP contribution in [0.25, 0.3) is 53.9 Å². The highest BCUT2D eigenvalue weighted by Gasteiger charge is 2.22. The molecule has 0 aliphatic rings. The Balaban J connectivity index is 1.69. The average Bonchev–Trinajstić information content (AvgIpc) is 3.39. The minimum Gasteiger partial charge on any atom is -0.455 e. The number of aromatic nitrogens is 1. The number of furan rings is 1. The first kappa shape index (κ1) is 20.2. The lowest BCUT2D eigenvalue weighted by atomic mass is 9.85. The summed E-state index contributed by atoms with van der Waals surface area (Å²) < 4.78 is 7.61. The lowest BCUT2D eigenvalue weighted by molar-refractivity contribution is 0.591. The van der Waals surface area contributed by atoms with Gasteiger partial charge in [-0.2, -0.15) is 0 Å². The largest absolute Gasteiger partial charge is 0.455 e.